The molecule has 0 unspecified atom stereocenters. The van der Waals surface area contributed by atoms with Crippen LogP contribution in [0.5, 0.6) is 0 Å². The van der Waals surface area contributed by atoms with Crippen molar-refractivity contribution in [3.8, 4) is 0 Å². The van der Waals surface area contributed by atoms with Gasteiger partial charge in [0.1, 0.15) is 0 Å². The van der Waals surface area contributed by atoms with Crippen molar-refractivity contribution in [1.82, 2.24) is 4.90 Å². The van der Waals surface area contributed by atoms with Crippen LogP contribution in [0.25, 0.3) is 0 Å². The molecule has 2 rings (SSSR count). The highest BCUT2D eigenvalue weighted by atomic mass is 16.4. The van der Waals surface area contributed by atoms with E-state index in [-0.39, 0.29) is 29.7 Å². The van der Waals surface area contributed by atoms with Gasteiger partial charge in [-0.2, -0.15) is 0 Å². The van der Waals surface area contributed by atoms with E-state index in [1.807, 2.05) is 0 Å². The Hall–Kier alpha value is -2.70. The van der Waals surface area contributed by atoms with Gasteiger partial charge < -0.3 is 10.2 Å². The van der Waals surface area contributed by atoms with Crippen LogP contribution in [0.15, 0.2) is 18.2 Å². The minimum absolute atomic E-state index is 0.00436. The number of hydrogen-bond acceptors (Lipinski definition) is 4. The number of amides is 2. The topological polar surface area (TPSA) is 112 Å². The van der Waals surface area contributed by atoms with Gasteiger partial charge in [-0.3, -0.25) is 19.3 Å². The second-order valence-corrected chi connectivity index (χ2v) is 3.97. The molecule has 7 nitrogen and oxygen atoms in total. The molecule has 0 fully saturated rings. The summed E-state index contributed by atoms with van der Waals surface area (Å²) < 4.78 is 0. The number of aliphatic carboxylic acids is 1. The third-order valence-electron chi connectivity index (χ3n) is 2.77. The Morgan fingerprint density at radius 1 is 1.05 bits per heavy atom. The lowest BCUT2D eigenvalue weighted by molar-refractivity contribution is -0.137. The van der Waals surface area contributed by atoms with Gasteiger partial charge in [0.15, 0.2) is 0 Å². The first-order valence-electron chi connectivity index (χ1n) is 5.37. The predicted molar refractivity (Wildman–Crippen MR) is 61.0 cm³/mol. The van der Waals surface area contributed by atoms with Gasteiger partial charge in [0.05, 0.1) is 23.1 Å². The number of benzene rings is 1. The van der Waals surface area contributed by atoms with Gasteiger partial charge in [0, 0.05) is 6.54 Å². The molecular weight excluding hydrogens is 254 g/mol. The van der Waals surface area contributed by atoms with Crippen LogP contribution in [-0.4, -0.2) is 45.4 Å². The molecule has 19 heavy (non-hydrogen) atoms. The summed E-state index contributed by atoms with van der Waals surface area (Å²) in [6.07, 6.45) is -0.350. The lowest BCUT2D eigenvalue weighted by Gasteiger charge is -2.11. The van der Waals surface area contributed by atoms with Crippen LogP contribution < -0.4 is 0 Å². The highest BCUT2D eigenvalue weighted by Gasteiger charge is 2.35. The SMILES string of the molecule is O=C(O)CCN1C(=O)c2ccc(C(=O)O)cc2C1=O. The van der Waals surface area contributed by atoms with E-state index in [4.69, 9.17) is 10.2 Å². The molecule has 0 atom stereocenters. The Morgan fingerprint density at radius 3 is 2.26 bits per heavy atom. The van der Waals surface area contributed by atoms with Gasteiger partial charge in [-0.05, 0) is 18.2 Å². The molecular formula is C12H9NO6. The molecule has 0 saturated heterocycles. The van der Waals surface area contributed by atoms with Crippen LogP contribution in [0.3, 0.4) is 0 Å². The van der Waals surface area contributed by atoms with Crippen molar-refractivity contribution in [1.29, 1.82) is 0 Å². The van der Waals surface area contributed by atoms with Gasteiger partial charge in [-0.1, -0.05) is 0 Å². The number of carboxylic acids is 2. The number of imide groups is 1. The third-order valence-corrected chi connectivity index (χ3v) is 2.77. The minimum Gasteiger partial charge on any atom is -0.481 e. The monoisotopic (exact) mass is 263 g/mol. The average Bonchev–Trinajstić information content (AvgIpc) is 2.59. The largest absolute Gasteiger partial charge is 0.481 e. The molecule has 1 aliphatic rings. The molecule has 98 valence electrons. The highest BCUT2D eigenvalue weighted by Crippen LogP contribution is 2.24. The zero-order valence-corrected chi connectivity index (χ0v) is 9.62. The molecule has 0 radical (unpaired) electrons. The molecule has 1 aromatic carbocycles. The van der Waals surface area contributed by atoms with Gasteiger partial charge in [-0.25, -0.2) is 4.79 Å². The van der Waals surface area contributed by atoms with Gasteiger partial charge >= 0.3 is 11.9 Å². The second-order valence-electron chi connectivity index (χ2n) is 3.97. The first kappa shape index (κ1) is 12.7. The first-order chi connectivity index (χ1) is 8.91. The maximum Gasteiger partial charge on any atom is 0.335 e. The van der Waals surface area contributed by atoms with E-state index in [2.05, 4.69) is 0 Å². The summed E-state index contributed by atoms with van der Waals surface area (Å²) in [5, 5.41) is 17.4. The molecule has 0 spiro atoms. The van der Waals surface area contributed by atoms with E-state index >= 15 is 0 Å². The van der Waals surface area contributed by atoms with E-state index in [1.165, 1.54) is 12.1 Å². The Bertz CT molecular complexity index is 606. The maximum absolute atomic E-state index is 11.9. The molecule has 0 saturated carbocycles. The third kappa shape index (κ3) is 2.17. The van der Waals surface area contributed by atoms with Crippen molar-refractivity contribution in [2.75, 3.05) is 6.54 Å². The Labute approximate surface area is 107 Å². The number of aromatic carboxylic acids is 1. The summed E-state index contributed by atoms with van der Waals surface area (Å²) in [5.41, 5.74) is -0.00402. The van der Waals surface area contributed by atoms with Gasteiger partial charge in [0.2, 0.25) is 0 Å². The standard InChI is InChI=1S/C12H9NO6/c14-9(15)3-4-13-10(16)7-2-1-6(12(18)19)5-8(7)11(13)17/h1-2,5H,3-4H2,(H,14,15)(H,18,19). The second kappa shape index (κ2) is 4.52. The molecule has 0 aliphatic carbocycles. The number of carboxylic acid groups (broad SMARTS) is 2. The quantitative estimate of drug-likeness (QED) is 0.763. The number of hydrogen-bond donors (Lipinski definition) is 2. The van der Waals surface area contributed by atoms with E-state index in [9.17, 15) is 19.2 Å². The molecule has 7 heteroatoms. The molecule has 0 aromatic heterocycles. The van der Waals surface area contributed by atoms with Crippen molar-refractivity contribution < 1.29 is 29.4 Å². The normalized spacial score (nSPS) is 13.6. The molecule has 1 aromatic rings. The van der Waals surface area contributed by atoms with Crippen LogP contribution in [0.1, 0.15) is 37.5 Å². The number of carbonyl (C=O) groups is 4. The summed E-state index contributed by atoms with van der Waals surface area (Å²) >= 11 is 0. The maximum atomic E-state index is 11.9. The highest BCUT2D eigenvalue weighted by molar-refractivity contribution is 6.22. The predicted octanol–water partition coefficient (Wildman–Crippen LogP) is 0.456. The zero-order chi connectivity index (χ0) is 14.2. The summed E-state index contributed by atoms with van der Waals surface area (Å²) in [6, 6.07) is 3.62. The molecule has 0 bridgehead atoms. The first-order valence-corrected chi connectivity index (χ1v) is 5.37. The van der Waals surface area contributed by atoms with Crippen molar-refractivity contribution >= 4 is 23.8 Å². The Morgan fingerprint density at radius 2 is 1.68 bits per heavy atom. The van der Waals surface area contributed by atoms with E-state index in [0.717, 1.165) is 11.0 Å². The lowest BCUT2D eigenvalue weighted by Crippen LogP contribution is -2.31. The summed E-state index contributed by atoms with van der Waals surface area (Å²) in [6.45, 7) is -0.232. The molecule has 2 N–H and O–H groups in total. The Kier molecular flexibility index (Phi) is 3.04. The van der Waals surface area contributed by atoms with Crippen LogP contribution in [-0.2, 0) is 4.79 Å². The number of nitrogens with zero attached hydrogens (tertiary/aromatic N) is 1. The fourth-order valence-corrected chi connectivity index (χ4v) is 1.83. The van der Waals surface area contributed by atoms with Crippen molar-refractivity contribution in [2.45, 2.75) is 6.42 Å². The zero-order valence-electron chi connectivity index (χ0n) is 9.62. The number of carbonyl (C=O) groups excluding carboxylic acids is 2. The van der Waals surface area contributed by atoms with Crippen LogP contribution in [0.2, 0.25) is 0 Å². The van der Waals surface area contributed by atoms with E-state index in [0.29, 0.717) is 0 Å². The molecule has 1 aliphatic heterocycles. The summed E-state index contributed by atoms with van der Waals surface area (Å²) in [7, 11) is 0. The van der Waals surface area contributed by atoms with Gasteiger partial charge in [-0.15, -0.1) is 0 Å². The van der Waals surface area contributed by atoms with Crippen molar-refractivity contribution in [3.63, 3.8) is 0 Å². The lowest BCUT2D eigenvalue weighted by atomic mass is 10.1. The summed E-state index contributed by atoms with van der Waals surface area (Å²) in [5.74, 6) is -3.59. The fraction of sp³-hybridized carbons (Fsp3) is 0.167. The smallest absolute Gasteiger partial charge is 0.335 e. The van der Waals surface area contributed by atoms with E-state index in [1.54, 1.807) is 0 Å². The molecule has 2 amide bonds. The molecule has 1 heterocycles. The number of rotatable bonds is 4. The van der Waals surface area contributed by atoms with Crippen LogP contribution >= 0.6 is 0 Å². The van der Waals surface area contributed by atoms with Crippen molar-refractivity contribution in [2.24, 2.45) is 0 Å². The minimum atomic E-state index is -1.20. The fourth-order valence-electron chi connectivity index (χ4n) is 1.83. The van der Waals surface area contributed by atoms with Crippen LogP contribution in [0.4, 0.5) is 0 Å². The summed E-state index contributed by atoms with van der Waals surface area (Å²) in [4.78, 5) is 45.8. The van der Waals surface area contributed by atoms with E-state index < -0.39 is 23.8 Å². The van der Waals surface area contributed by atoms with Crippen LogP contribution in [0, 0.1) is 0 Å². The van der Waals surface area contributed by atoms with Crippen molar-refractivity contribution in [3.05, 3.63) is 34.9 Å². The Balaban J connectivity index is 2.33. The number of fused-ring (bicyclic) bond motifs is 1. The van der Waals surface area contributed by atoms with Gasteiger partial charge in [0.25, 0.3) is 11.8 Å². The average molecular weight is 263 g/mol.